The molecule has 0 aliphatic carbocycles. The highest BCUT2D eigenvalue weighted by atomic mass is 15.2. The summed E-state index contributed by atoms with van der Waals surface area (Å²) in [5.74, 6) is 0.809. The molecular formula is C15H24N2. The average Bonchev–Trinajstić information content (AvgIpc) is 2.38. The van der Waals surface area contributed by atoms with Gasteiger partial charge in [-0.2, -0.15) is 0 Å². The average molecular weight is 232 g/mol. The van der Waals surface area contributed by atoms with Crippen molar-refractivity contribution in [2.45, 2.75) is 39.7 Å². The lowest BCUT2D eigenvalue weighted by atomic mass is 10.00. The van der Waals surface area contributed by atoms with E-state index in [9.17, 15) is 0 Å². The maximum absolute atomic E-state index is 3.51. The summed E-state index contributed by atoms with van der Waals surface area (Å²) in [4.78, 5) is 2.57. The van der Waals surface area contributed by atoms with Gasteiger partial charge in [0.05, 0.1) is 11.4 Å². The van der Waals surface area contributed by atoms with Gasteiger partial charge in [-0.15, -0.1) is 0 Å². The Morgan fingerprint density at radius 3 is 2.71 bits per heavy atom. The van der Waals surface area contributed by atoms with Gasteiger partial charge in [0.1, 0.15) is 0 Å². The van der Waals surface area contributed by atoms with E-state index in [-0.39, 0.29) is 0 Å². The zero-order valence-electron chi connectivity index (χ0n) is 11.2. The normalized spacial score (nSPS) is 19.1. The van der Waals surface area contributed by atoms with Crippen molar-refractivity contribution in [1.82, 2.24) is 0 Å². The van der Waals surface area contributed by atoms with Crippen molar-refractivity contribution in [1.29, 1.82) is 0 Å². The summed E-state index contributed by atoms with van der Waals surface area (Å²) in [6.07, 6.45) is 2.55. The van der Waals surface area contributed by atoms with Gasteiger partial charge in [-0.3, -0.25) is 0 Å². The Morgan fingerprint density at radius 1 is 1.29 bits per heavy atom. The van der Waals surface area contributed by atoms with Crippen molar-refractivity contribution in [2.75, 3.05) is 23.3 Å². The molecule has 2 heteroatoms. The fourth-order valence-electron chi connectivity index (χ4n) is 2.58. The Labute approximate surface area is 105 Å². The Balaban J connectivity index is 2.20. The first kappa shape index (κ1) is 12.3. The standard InChI is InChI=1S/C15H24N2/c1-4-13(5-2)11-17-12(3)10-16-14-8-6-7-9-15(14)17/h6-9,12-13,16H,4-5,10-11H2,1-3H3. The Bertz CT molecular complexity index is 358. The SMILES string of the molecule is CCC(CC)CN1c2ccccc2NCC1C. The minimum Gasteiger partial charge on any atom is -0.381 e. The van der Waals surface area contributed by atoms with Gasteiger partial charge in [0.2, 0.25) is 0 Å². The molecule has 0 saturated carbocycles. The zero-order chi connectivity index (χ0) is 12.3. The fraction of sp³-hybridized carbons (Fsp3) is 0.600. The molecular weight excluding hydrogens is 208 g/mol. The first-order valence-electron chi connectivity index (χ1n) is 6.85. The van der Waals surface area contributed by atoms with Crippen LogP contribution < -0.4 is 10.2 Å². The largest absolute Gasteiger partial charge is 0.381 e. The van der Waals surface area contributed by atoms with Gasteiger partial charge < -0.3 is 10.2 Å². The van der Waals surface area contributed by atoms with Crippen molar-refractivity contribution < 1.29 is 0 Å². The van der Waals surface area contributed by atoms with E-state index < -0.39 is 0 Å². The zero-order valence-corrected chi connectivity index (χ0v) is 11.2. The number of hydrogen-bond acceptors (Lipinski definition) is 2. The molecule has 0 spiro atoms. The van der Waals surface area contributed by atoms with Crippen LogP contribution in [0.4, 0.5) is 11.4 Å². The van der Waals surface area contributed by atoms with Crippen molar-refractivity contribution in [2.24, 2.45) is 5.92 Å². The molecule has 1 aliphatic rings. The lowest BCUT2D eigenvalue weighted by Gasteiger charge is -2.39. The molecule has 1 atom stereocenters. The van der Waals surface area contributed by atoms with Gasteiger partial charge in [-0.25, -0.2) is 0 Å². The number of benzene rings is 1. The molecule has 2 rings (SSSR count). The topological polar surface area (TPSA) is 15.3 Å². The van der Waals surface area contributed by atoms with Gasteiger partial charge in [0.25, 0.3) is 0 Å². The number of para-hydroxylation sites is 2. The van der Waals surface area contributed by atoms with E-state index >= 15 is 0 Å². The summed E-state index contributed by atoms with van der Waals surface area (Å²) in [7, 11) is 0. The van der Waals surface area contributed by atoms with E-state index in [0.717, 1.165) is 12.5 Å². The van der Waals surface area contributed by atoms with Crippen LogP contribution in [0.2, 0.25) is 0 Å². The molecule has 1 unspecified atom stereocenters. The lowest BCUT2D eigenvalue weighted by Crippen LogP contribution is -2.44. The summed E-state index contributed by atoms with van der Waals surface area (Å²) >= 11 is 0. The molecule has 1 N–H and O–H groups in total. The van der Waals surface area contributed by atoms with Crippen LogP contribution in [0.5, 0.6) is 0 Å². The van der Waals surface area contributed by atoms with E-state index in [1.807, 2.05) is 0 Å². The maximum Gasteiger partial charge on any atom is 0.0605 e. The Kier molecular flexibility index (Phi) is 3.93. The summed E-state index contributed by atoms with van der Waals surface area (Å²) in [5, 5.41) is 3.51. The maximum atomic E-state index is 3.51. The fourth-order valence-corrected chi connectivity index (χ4v) is 2.58. The molecule has 1 aromatic carbocycles. The first-order chi connectivity index (χ1) is 8.26. The monoisotopic (exact) mass is 232 g/mol. The first-order valence-corrected chi connectivity index (χ1v) is 6.85. The predicted octanol–water partition coefficient (Wildman–Crippen LogP) is 3.74. The second-order valence-corrected chi connectivity index (χ2v) is 5.08. The van der Waals surface area contributed by atoms with Crippen molar-refractivity contribution in [3.05, 3.63) is 24.3 Å². The van der Waals surface area contributed by atoms with Crippen LogP contribution in [-0.2, 0) is 0 Å². The van der Waals surface area contributed by atoms with Crippen LogP contribution in [0.25, 0.3) is 0 Å². The molecule has 94 valence electrons. The van der Waals surface area contributed by atoms with E-state index in [1.165, 1.54) is 30.8 Å². The molecule has 0 bridgehead atoms. The predicted molar refractivity (Wildman–Crippen MR) is 75.8 cm³/mol. The lowest BCUT2D eigenvalue weighted by molar-refractivity contribution is 0.461. The molecule has 2 nitrogen and oxygen atoms in total. The number of anilines is 2. The summed E-state index contributed by atoms with van der Waals surface area (Å²) in [6, 6.07) is 9.25. The highest BCUT2D eigenvalue weighted by Gasteiger charge is 2.23. The third-order valence-corrected chi connectivity index (χ3v) is 3.94. The third-order valence-electron chi connectivity index (χ3n) is 3.94. The third kappa shape index (κ3) is 2.56. The second-order valence-electron chi connectivity index (χ2n) is 5.08. The highest BCUT2D eigenvalue weighted by molar-refractivity contribution is 5.72. The van der Waals surface area contributed by atoms with E-state index in [2.05, 4.69) is 55.3 Å². The van der Waals surface area contributed by atoms with Crippen LogP contribution in [0.1, 0.15) is 33.6 Å². The van der Waals surface area contributed by atoms with Gasteiger partial charge >= 0.3 is 0 Å². The molecule has 0 radical (unpaired) electrons. The number of nitrogens with zero attached hydrogens (tertiary/aromatic N) is 1. The van der Waals surface area contributed by atoms with Crippen molar-refractivity contribution >= 4 is 11.4 Å². The van der Waals surface area contributed by atoms with Crippen LogP contribution >= 0.6 is 0 Å². The van der Waals surface area contributed by atoms with Crippen molar-refractivity contribution in [3.8, 4) is 0 Å². The molecule has 1 heterocycles. The van der Waals surface area contributed by atoms with E-state index in [1.54, 1.807) is 0 Å². The highest BCUT2D eigenvalue weighted by Crippen LogP contribution is 2.32. The van der Waals surface area contributed by atoms with Crippen LogP contribution in [0, 0.1) is 5.92 Å². The van der Waals surface area contributed by atoms with Crippen molar-refractivity contribution in [3.63, 3.8) is 0 Å². The molecule has 1 aromatic rings. The van der Waals surface area contributed by atoms with Crippen LogP contribution in [0.3, 0.4) is 0 Å². The van der Waals surface area contributed by atoms with E-state index in [4.69, 9.17) is 0 Å². The number of nitrogens with one attached hydrogen (secondary N) is 1. The molecule has 17 heavy (non-hydrogen) atoms. The summed E-state index contributed by atoms with van der Waals surface area (Å²) in [6.45, 7) is 9.15. The smallest absolute Gasteiger partial charge is 0.0605 e. The molecule has 0 amide bonds. The molecule has 0 aromatic heterocycles. The Hall–Kier alpha value is -1.18. The summed E-state index contributed by atoms with van der Waals surface area (Å²) in [5.41, 5.74) is 2.66. The molecule has 0 saturated heterocycles. The number of fused-ring (bicyclic) bond motifs is 1. The minimum atomic E-state index is 0.588. The molecule has 1 aliphatic heterocycles. The second kappa shape index (κ2) is 5.44. The van der Waals surface area contributed by atoms with Gasteiger partial charge in [0, 0.05) is 19.1 Å². The van der Waals surface area contributed by atoms with Gasteiger partial charge in [-0.05, 0) is 25.0 Å². The summed E-state index contributed by atoms with van der Waals surface area (Å²) < 4.78 is 0. The minimum absolute atomic E-state index is 0.588. The van der Waals surface area contributed by atoms with Crippen LogP contribution in [0.15, 0.2) is 24.3 Å². The van der Waals surface area contributed by atoms with Gasteiger partial charge in [-0.1, -0.05) is 38.8 Å². The molecule has 0 fully saturated rings. The quantitative estimate of drug-likeness (QED) is 0.850. The van der Waals surface area contributed by atoms with Crippen LogP contribution in [-0.4, -0.2) is 19.1 Å². The van der Waals surface area contributed by atoms with E-state index in [0.29, 0.717) is 6.04 Å². The Morgan fingerprint density at radius 2 is 2.00 bits per heavy atom. The number of rotatable bonds is 4. The number of hydrogen-bond donors (Lipinski definition) is 1. The van der Waals surface area contributed by atoms with Gasteiger partial charge in [0.15, 0.2) is 0 Å².